The van der Waals surface area contributed by atoms with Crippen molar-refractivity contribution in [3.8, 4) is 5.75 Å². The molecule has 192 valence electrons. The van der Waals surface area contributed by atoms with Gasteiger partial charge in [-0.15, -0.1) is 24.8 Å². The van der Waals surface area contributed by atoms with E-state index in [0.717, 1.165) is 51.3 Å². The summed E-state index contributed by atoms with van der Waals surface area (Å²) in [5, 5.41) is 10.4. The minimum atomic E-state index is -0.386. The molecule has 1 aromatic carbocycles. The van der Waals surface area contributed by atoms with Crippen LogP contribution in [0.25, 0.3) is 0 Å². The van der Waals surface area contributed by atoms with Gasteiger partial charge < -0.3 is 14.1 Å². The lowest BCUT2D eigenvalue weighted by atomic mass is 9.83. The minimum Gasteiger partial charge on any atom is -0.502 e. The van der Waals surface area contributed by atoms with E-state index in [2.05, 4.69) is 34.1 Å². The monoisotopic (exact) mass is 531 g/mol. The molecule has 2 unspecified atom stereocenters. The molecule has 1 N–H and O–H groups in total. The van der Waals surface area contributed by atoms with E-state index >= 15 is 0 Å². The number of aromatic nitrogens is 1. The number of fused-ring (bicyclic) bond motifs is 5. The third-order valence-corrected chi connectivity index (χ3v) is 7.56. The van der Waals surface area contributed by atoms with Crippen LogP contribution in [0.5, 0.6) is 5.75 Å². The van der Waals surface area contributed by atoms with Crippen LogP contribution in [-0.2, 0) is 32.6 Å². The second-order valence-electron chi connectivity index (χ2n) is 9.97. The van der Waals surface area contributed by atoms with Crippen LogP contribution in [0.15, 0.2) is 62.5 Å². The summed E-state index contributed by atoms with van der Waals surface area (Å²) in [4.78, 5) is 29.4. The SMILES string of the molecule is Cl.Cl.O=c1cc(CN2CC3CC(C2)c2cccc(=O)n2C3)oc(CN2CCc3ccccc3C2)c1O. The molecule has 0 amide bonds. The summed E-state index contributed by atoms with van der Waals surface area (Å²) in [6, 6.07) is 15.4. The van der Waals surface area contributed by atoms with Crippen molar-refractivity contribution in [3.05, 3.63) is 97.4 Å². The molecule has 0 radical (unpaired) electrons. The van der Waals surface area contributed by atoms with Crippen LogP contribution < -0.4 is 11.0 Å². The van der Waals surface area contributed by atoms with Gasteiger partial charge in [0.15, 0.2) is 5.76 Å². The molecule has 0 saturated carbocycles. The van der Waals surface area contributed by atoms with Crippen molar-refractivity contribution in [2.75, 3.05) is 19.6 Å². The number of rotatable bonds is 4. The number of likely N-dealkylation sites (tertiary alicyclic amines) is 1. The Labute approximate surface area is 222 Å². The molecule has 2 atom stereocenters. The van der Waals surface area contributed by atoms with E-state index in [4.69, 9.17) is 4.42 Å². The maximum absolute atomic E-state index is 12.6. The molecule has 0 spiro atoms. The quantitative estimate of drug-likeness (QED) is 0.554. The van der Waals surface area contributed by atoms with E-state index in [-0.39, 0.29) is 41.6 Å². The number of hydrogen-bond acceptors (Lipinski definition) is 6. The topological polar surface area (TPSA) is 78.9 Å². The molecule has 6 rings (SSSR count). The average Bonchev–Trinajstić information content (AvgIpc) is 2.83. The molecule has 2 bridgehead atoms. The Balaban J connectivity index is 0.00000152. The molecule has 1 saturated heterocycles. The van der Waals surface area contributed by atoms with Crippen molar-refractivity contribution in [3.63, 3.8) is 0 Å². The lowest BCUT2D eigenvalue weighted by Crippen LogP contribution is -2.46. The Morgan fingerprint density at radius 3 is 2.56 bits per heavy atom. The van der Waals surface area contributed by atoms with E-state index in [1.165, 1.54) is 17.2 Å². The van der Waals surface area contributed by atoms with Crippen LogP contribution in [-0.4, -0.2) is 39.1 Å². The lowest BCUT2D eigenvalue weighted by Gasteiger charge is -2.42. The molecule has 2 aromatic heterocycles. The van der Waals surface area contributed by atoms with Gasteiger partial charge in [-0.2, -0.15) is 0 Å². The zero-order valence-electron chi connectivity index (χ0n) is 20.0. The zero-order chi connectivity index (χ0) is 23.2. The zero-order valence-corrected chi connectivity index (χ0v) is 21.6. The fourth-order valence-electron chi connectivity index (χ4n) is 6.01. The average molecular weight is 532 g/mol. The predicted molar refractivity (Wildman–Crippen MR) is 142 cm³/mol. The second kappa shape index (κ2) is 10.8. The van der Waals surface area contributed by atoms with Gasteiger partial charge in [-0.3, -0.25) is 19.4 Å². The molecule has 7 nitrogen and oxygen atoms in total. The Kier molecular flexibility index (Phi) is 7.95. The lowest BCUT2D eigenvalue weighted by molar-refractivity contribution is 0.105. The van der Waals surface area contributed by atoms with E-state index in [9.17, 15) is 14.7 Å². The fourth-order valence-corrected chi connectivity index (χ4v) is 6.01. The van der Waals surface area contributed by atoms with Crippen molar-refractivity contribution in [1.29, 1.82) is 0 Å². The summed E-state index contributed by atoms with van der Waals surface area (Å²) in [6.07, 6.45) is 2.03. The number of aromatic hydroxyl groups is 1. The molecule has 1 fully saturated rings. The minimum absolute atomic E-state index is 0. The van der Waals surface area contributed by atoms with Crippen LogP contribution in [0, 0.1) is 5.92 Å². The van der Waals surface area contributed by atoms with Gasteiger partial charge in [0.05, 0.1) is 13.1 Å². The summed E-state index contributed by atoms with van der Waals surface area (Å²) in [5.41, 5.74) is 3.44. The number of pyridine rings is 1. The Bertz CT molecular complexity index is 1360. The number of piperidine rings is 1. The van der Waals surface area contributed by atoms with Crippen molar-refractivity contribution >= 4 is 24.8 Å². The van der Waals surface area contributed by atoms with Gasteiger partial charge in [-0.1, -0.05) is 30.3 Å². The summed E-state index contributed by atoms with van der Waals surface area (Å²) in [6.45, 7) is 4.99. The summed E-state index contributed by atoms with van der Waals surface area (Å²) >= 11 is 0. The van der Waals surface area contributed by atoms with Crippen LogP contribution in [0.1, 0.15) is 40.7 Å². The van der Waals surface area contributed by atoms with Crippen molar-refractivity contribution in [1.82, 2.24) is 14.4 Å². The molecule has 0 aliphatic carbocycles. The van der Waals surface area contributed by atoms with Gasteiger partial charge in [0.1, 0.15) is 5.76 Å². The molecular weight excluding hydrogens is 501 g/mol. The highest BCUT2D eigenvalue weighted by molar-refractivity contribution is 5.85. The summed E-state index contributed by atoms with van der Waals surface area (Å²) in [5.74, 6) is 1.35. The van der Waals surface area contributed by atoms with Crippen molar-refractivity contribution in [2.45, 2.75) is 44.9 Å². The van der Waals surface area contributed by atoms with E-state index in [1.54, 1.807) is 6.07 Å². The van der Waals surface area contributed by atoms with Gasteiger partial charge >= 0.3 is 0 Å². The Morgan fingerprint density at radius 1 is 0.917 bits per heavy atom. The molecule has 36 heavy (non-hydrogen) atoms. The molecule has 3 aliphatic heterocycles. The first-order valence-electron chi connectivity index (χ1n) is 12.1. The maximum Gasteiger partial charge on any atom is 0.250 e. The van der Waals surface area contributed by atoms with Gasteiger partial charge in [0.25, 0.3) is 5.56 Å². The van der Waals surface area contributed by atoms with E-state index in [0.29, 0.717) is 36.4 Å². The third kappa shape index (κ3) is 5.11. The standard InChI is InChI=1S/C27H29N3O4.2ClH/c31-24-11-22(16-29-12-18-10-21(15-29)23-6-3-7-26(32)30(23)13-18)34-25(27(24)33)17-28-9-8-19-4-1-2-5-20(19)14-28;;/h1-7,11,18,21,33H,8-10,12-17H2;2*1H. The fraction of sp³-hybridized carbons (Fsp3) is 0.407. The van der Waals surface area contributed by atoms with Gasteiger partial charge in [-0.05, 0) is 36.0 Å². The molecule has 3 aromatic rings. The van der Waals surface area contributed by atoms with Gasteiger partial charge in [0, 0.05) is 56.5 Å². The first-order valence-corrected chi connectivity index (χ1v) is 12.1. The van der Waals surface area contributed by atoms with Crippen LogP contribution >= 0.6 is 24.8 Å². The number of benzene rings is 1. The van der Waals surface area contributed by atoms with Crippen LogP contribution in [0.2, 0.25) is 0 Å². The van der Waals surface area contributed by atoms with Gasteiger partial charge in [0.2, 0.25) is 11.2 Å². The van der Waals surface area contributed by atoms with E-state index in [1.807, 2.05) is 16.7 Å². The Hall–Kier alpha value is -2.58. The second-order valence-corrected chi connectivity index (χ2v) is 9.97. The predicted octanol–water partition coefficient (Wildman–Crippen LogP) is 3.53. The van der Waals surface area contributed by atoms with Crippen molar-refractivity contribution < 1.29 is 9.52 Å². The van der Waals surface area contributed by atoms with Crippen molar-refractivity contribution in [2.24, 2.45) is 5.92 Å². The highest BCUT2D eigenvalue weighted by Gasteiger charge is 2.34. The van der Waals surface area contributed by atoms with Crippen LogP contribution in [0.3, 0.4) is 0 Å². The smallest absolute Gasteiger partial charge is 0.250 e. The highest BCUT2D eigenvalue weighted by atomic mass is 35.5. The normalized spacial score (nSPS) is 21.0. The number of halogens is 2. The van der Waals surface area contributed by atoms with Crippen LogP contribution in [0.4, 0.5) is 0 Å². The first kappa shape index (κ1) is 26.5. The molecular formula is C27H31Cl2N3O4. The maximum atomic E-state index is 12.6. The summed E-state index contributed by atoms with van der Waals surface area (Å²) < 4.78 is 8.03. The highest BCUT2D eigenvalue weighted by Crippen LogP contribution is 2.35. The number of nitrogens with zero attached hydrogens (tertiary/aromatic N) is 3. The molecule has 9 heteroatoms. The van der Waals surface area contributed by atoms with Gasteiger partial charge in [-0.25, -0.2) is 0 Å². The molecule has 5 heterocycles. The summed E-state index contributed by atoms with van der Waals surface area (Å²) in [7, 11) is 0. The third-order valence-electron chi connectivity index (χ3n) is 7.56. The molecule has 3 aliphatic rings. The Morgan fingerprint density at radius 2 is 1.72 bits per heavy atom. The first-order chi connectivity index (χ1) is 16.5. The van der Waals surface area contributed by atoms with E-state index < -0.39 is 0 Å². The number of hydrogen-bond donors (Lipinski definition) is 1. The largest absolute Gasteiger partial charge is 0.502 e.